The molecule has 0 bridgehead atoms. The number of anilines is 2. The Labute approximate surface area is 120 Å². The van der Waals surface area contributed by atoms with Crippen LogP contribution in [0.3, 0.4) is 0 Å². The first-order valence-electron chi connectivity index (χ1n) is 6.09. The van der Waals surface area contributed by atoms with E-state index in [1.807, 2.05) is 0 Å². The topological polar surface area (TPSA) is 92.4 Å². The first-order chi connectivity index (χ1) is 9.90. The molecule has 0 saturated heterocycles. The van der Waals surface area contributed by atoms with E-state index in [1.54, 1.807) is 13.0 Å². The van der Waals surface area contributed by atoms with Crippen molar-refractivity contribution in [3.05, 3.63) is 58.9 Å². The summed E-state index contributed by atoms with van der Waals surface area (Å²) in [6, 6.07) is 7.99. The largest absolute Gasteiger partial charge is 0.478 e. The molecule has 21 heavy (non-hydrogen) atoms. The fourth-order valence-corrected chi connectivity index (χ4v) is 1.92. The van der Waals surface area contributed by atoms with E-state index in [0.717, 1.165) is 12.1 Å². The summed E-state index contributed by atoms with van der Waals surface area (Å²) in [7, 11) is 0. The van der Waals surface area contributed by atoms with Gasteiger partial charge in [-0.2, -0.15) is 0 Å². The number of halogens is 1. The zero-order chi connectivity index (χ0) is 15.6. The quantitative estimate of drug-likeness (QED) is 0.757. The summed E-state index contributed by atoms with van der Waals surface area (Å²) < 4.78 is 13.2. The monoisotopic (exact) mass is 288 g/mol. The molecule has 0 aromatic heterocycles. The summed E-state index contributed by atoms with van der Waals surface area (Å²) in [6.07, 6.45) is 0. The maximum absolute atomic E-state index is 13.2. The Kier molecular flexibility index (Phi) is 3.89. The van der Waals surface area contributed by atoms with Gasteiger partial charge < -0.3 is 16.2 Å². The third-order valence-electron chi connectivity index (χ3n) is 3.07. The molecule has 0 unspecified atom stereocenters. The number of carboxylic acid groups (broad SMARTS) is 1. The molecule has 0 aliphatic heterocycles. The van der Waals surface area contributed by atoms with Crippen molar-refractivity contribution in [3.8, 4) is 0 Å². The highest BCUT2D eigenvalue weighted by atomic mass is 19.1. The third-order valence-corrected chi connectivity index (χ3v) is 3.07. The molecule has 4 N–H and O–H groups in total. The number of rotatable bonds is 3. The van der Waals surface area contributed by atoms with E-state index in [2.05, 4.69) is 5.32 Å². The van der Waals surface area contributed by atoms with Crippen molar-refractivity contribution in [3.63, 3.8) is 0 Å². The number of nitrogens with two attached hydrogens (primary N) is 1. The Morgan fingerprint density at radius 2 is 1.90 bits per heavy atom. The van der Waals surface area contributed by atoms with Gasteiger partial charge in [-0.1, -0.05) is 6.07 Å². The number of carbonyl (C=O) groups excluding carboxylic acids is 1. The van der Waals surface area contributed by atoms with E-state index in [9.17, 15) is 14.0 Å². The van der Waals surface area contributed by atoms with E-state index in [4.69, 9.17) is 10.8 Å². The van der Waals surface area contributed by atoms with Gasteiger partial charge in [0.25, 0.3) is 5.91 Å². The van der Waals surface area contributed by atoms with Gasteiger partial charge in [-0.25, -0.2) is 9.18 Å². The van der Waals surface area contributed by atoms with Gasteiger partial charge in [-0.05, 0) is 42.8 Å². The van der Waals surface area contributed by atoms with Crippen LogP contribution in [0.4, 0.5) is 15.8 Å². The lowest BCUT2D eigenvalue weighted by Crippen LogP contribution is -2.16. The number of hydrogen-bond donors (Lipinski definition) is 3. The molecule has 0 atom stereocenters. The van der Waals surface area contributed by atoms with Gasteiger partial charge in [0.15, 0.2) is 0 Å². The minimum Gasteiger partial charge on any atom is -0.478 e. The zero-order valence-electron chi connectivity index (χ0n) is 11.2. The van der Waals surface area contributed by atoms with Crippen molar-refractivity contribution in [2.45, 2.75) is 6.92 Å². The standard InChI is InChI=1S/C15H13FN2O3/c1-8-10(15(20)21)3-2-4-13(8)18-14(19)11-7-9(16)5-6-12(11)17/h2-7H,17H2,1H3,(H,18,19)(H,20,21). The van der Waals surface area contributed by atoms with Crippen molar-refractivity contribution >= 4 is 23.3 Å². The van der Waals surface area contributed by atoms with Crippen molar-refractivity contribution in [2.24, 2.45) is 0 Å². The maximum Gasteiger partial charge on any atom is 0.336 e. The number of carbonyl (C=O) groups is 2. The van der Waals surface area contributed by atoms with Crippen LogP contribution in [0, 0.1) is 12.7 Å². The average Bonchev–Trinajstić information content (AvgIpc) is 2.43. The lowest BCUT2D eigenvalue weighted by molar-refractivity contribution is 0.0695. The summed E-state index contributed by atoms with van der Waals surface area (Å²) >= 11 is 0. The second-order valence-electron chi connectivity index (χ2n) is 4.47. The lowest BCUT2D eigenvalue weighted by atomic mass is 10.1. The Morgan fingerprint density at radius 3 is 2.57 bits per heavy atom. The predicted molar refractivity (Wildman–Crippen MR) is 76.9 cm³/mol. The highest BCUT2D eigenvalue weighted by Crippen LogP contribution is 2.21. The number of hydrogen-bond acceptors (Lipinski definition) is 3. The molecule has 5 nitrogen and oxygen atoms in total. The number of nitrogen functional groups attached to an aromatic ring is 1. The van der Waals surface area contributed by atoms with E-state index < -0.39 is 17.7 Å². The average molecular weight is 288 g/mol. The van der Waals surface area contributed by atoms with Gasteiger partial charge in [0.1, 0.15) is 5.82 Å². The van der Waals surface area contributed by atoms with Gasteiger partial charge in [-0.3, -0.25) is 4.79 Å². The molecule has 0 radical (unpaired) electrons. The summed E-state index contributed by atoms with van der Waals surface area (Å²) in [5.74, 6) is -2.27. The molecule has 0 fully saturated rings. The second kappa shape index (κ2) is 5.62. The number of aromatic carboxylic acids is 1. The SMILES string of the molecule is Cc1c(NC(=O)c2cc(F)ccc2N)cccc1C(=O)O. The summed E-state index contributed by atoms with van der Waals surface area (Å²) in [6.45, 7) is 1.58. The highest BCUT2D eigenvalue weighted by molar-refractivity contribution is 6.08. The molecule has 0 heterocycles. The molecule has 108 valence electrons. The van der Waals surface area contributed by atoms with Gasteiger partial charge in [0.05, 0.1) is 11.1 Å². The molecule has 1 amide bonds. The number of nitrogens with one attached hydrogen (secondary N) is 1. The van der Waals surface area contributed by atoms with Crippen LogP contribution in [0.25, 0.3) is 0 Å². The van der Waals surface area contributed by atoms with Crippen LogP contribution in [0.1, 0.15) is 26.3 Å². The van der Waals surface area contributed by atoms with E-state index >= 15 is 0 Å². The first kappa shape index (κ1) is 14.5. The van der Waals surface area contributed by atoms with Crippen molar-refractivity contribution in [2.75, 3.05) is 11.1 Å². The molecule has 2 aromatic rings. The molecular formula is C15H13FN2O3. The maximum atomic E-state index is 13.2. The van der Waals surface area contributed by atoms with Crippen molar-refractivity contribution < 1.29 is 19.1 Å². The molecule has 0 spiro atoms. The third kappa shape index (κ3) is 3.00. The first-order valence-corrected chi connectivity index (χ1v) is 6.09. The molecule has 2 rings (SSSR count). The van der Waals surface area contributed by atoms with E-state index in [-0.39, 0.29) is 16.8 Å². The minimum atomic E-state index is -1.09. The Balaban J connectivity index is 2.34. The molecule has 0 aliphatic carbocycles. The van der Waals surface area contributed by atoms with Crippen LogP contribution in [0.5, 0.6) is 0 Å². The smallest absolute Gasteiger partial charge is 0.336 e. The van der Waals surface area contributed by atoms with Gasteiger partial charge in [-0.15, -0.1) is 0 Å². The summed E-state index contributed by atoms with van der Waals surface area (Å²) in [4.78, 5) is 23.2. The van der Waals surface area contributed by atoms with Crippen LogP contribution in [0.2, 0.25) is 0 Å². The lowest BCUT2D eigenvalue weighted by Gasteiger charge is -2.11. The van der Waals surface area contributed by atoms with Crippen LogP contribution in [0.15, 0.2) is 36.4 Å². The van der Waals surface area contributed by atoms with Crippen LogP contribution in [-0.4, -0.2) is 17.0 Å². The predicted octanol–water partition coefficient (Wildman–Crippen LogP) is 2.67. The Hall–Kier alpha value is -2.89. The molecule has 0 saturated carbocycles. The minimum absolute atomic E-state index is 0.00451. The van der Waals surface area contributed by atoms with Crippen molar-refractivity contribution in [1.82, 2.24) is 0 Å². The normalized spacial score (nSPS) is 10.2. The fraction of sp³-hybridized carbons (Fsp3) is 0.0667. The van der Waals surface area contributed by atoms with E-state index in [0.29, 0.717) is 11.3 Å². The second-order valence-corrected chi connectivity index (χ2v) is 4.47. The highest BCUT2D eigenvalue weighted by Gasteiger charge is 2.15. The van der Waals surface area contributed by atoms with Crippen LogP contribution in [-0.2, 0) is 0 Å². The van der Waals surface area contributed by atoms with Gasteiger partial charge in [0, 0.05) is 11.4 Å². The number of carboxylic acids is 1. The van der Waals surface area contributed by atoms with Gasteiger partial charge in [0.2, 0.25) is 0 Å². The van der Waals surface area contributed by atoms with Crippen LogP contribution >= 0.6 is 0 Å². The fourth-order valence-electron chi connectivity index (χ4n) is 1.92. The summed E-state index contributed by atoms with van der Waals surface area (Å²) in [5.41, 5.74) is 6.60. The Morgan fingerprint density at radius 1 is 1.19 bits per heavy atom. The molecule has 0 aliphatic rings. The molecule has 6 heteroatoms. The summed E-state index contributed by atoms with van der Waals surface area (Å²) in [5, 5.41) is 11.6. The van der Waals surface area contributed by atoms with E-state index in [1.165, 1.54) is 18.2 Å². The number of amides is 1. The van der Waals surface area contributed by atoms with Gasteiger partial charge >= 0.3 is 5.97 Å². The van der Waals surface area contributed by atoms with Crippen LogP contribution < -0.4 is 11.1 Å². The molecular weight excluding hydrogens is 275 g/mol. The molecule has 2 aromatic carbocycles. The van der Waals surface area contributed by atoms with Crippen molar-refractivity contribution in [1.29, 1.82) is 0 Å². The number of benzene rings is 2. The Bertz CT molecular complexity index is 729. The zero-order valence-corrected chi connectivity index (χ0v) is 11.2.